The van der Waals surface area contributed by atoms with Gasteiger partial charge in [0, 0.05) is 7.11 Å². The Bertz CT molecular complexity index is 193. The molecular formula is C13H24O. The van der Waals surface area contributed by atoms with Crippen molar-refractivity contribution in [3.05, 3.63) is 0 Å². The SMILES string of the molecule is CCC1(OC)CCC2CC(C)CC1C2. The standard InChI is InChI=1S/C13H24O/c1-4-13(14-3)6-5-11-7-10(2)8-12(13)9-11/h10-12H,4-9H2,1-3H3. The van der Waals surface area contributed by atoms with Crippen molar-refractivity contribution in [3.63, 3.8) is 0 Å². The molecule has 4 atom stereocenters. The lowest BCUT2D eigenvalue weighted by atomic mass is 9.61. The Labute approximate surface area is 88.2 Å². The third kappa shape index (κ3) is 1.60. The van der Waals surface area contributed by atoms with Crippen LogP contribution in [0.2, 0.25) is 0 Å². The number of hydrogen-bond donors (Lipinski definition) is 0. The van der Waals surface area contributed by atoms with Gasteiger partial charge >= 0.3 is 0 Å². The minimum atomic E-state index is 0.241. The number of methoxy groups -OCH3 is 1. The van der Waals surface area contributed by atoms with E-state index in [1.807, 2.05) is 7.11 Å². The Morgan fingerprint density at radius 3 is 2.71 bits per heavy atom. The molecule has 0 heterocycles. The predicted octanol–water partition coefficient (Wildman–Crippen LogP) is 3.63. The lowest BCUT2D eigenvalue weighted by molar-refractivity contribution is -0.117. The van der Waals surface area contributed by atoms with Gasteiger partial charge in [0.1, 0.15) is 0 Å². The fourth-order valence-corrected chi connectivity index (χ4v) is 3.94. The van der Waals surface area contributed by atoms with Crippen molar-refractivity contribution in [1.29, 1.82) is 0 Å². The summed E-state index contributed by atoms with van der Waals surface area (Å²) < 4.78 is 5.86. The van der Waals surface area contributed by atoms with E-state index in [2.05, 4.69) is 13.8 Å². The van der Waals surface area contributed by atoms with Gasteiger partial charge in [-0.3, -0.25) is 0 Å². The molecule has 2 aliphatic rings. The lowest BCUT2D eigenvalue weighted by Gasteiger charge is -2.50. The maximum atomic E-state index is 5.86. The molecule has 0 aromatic heterocycles. The molecular weight excluding hydrogens is 172 g/mol. The van der Waals surface area contributed by atoms with Crippen molar-refractivity contribution >= 4 is 0 Å². The van der Waals surface area contributed by atoms with Crippen LogP contribution in [0, 0.1) is 17.8 Å². The molecule has 2 aliphatic carbocycles. The van der Waals surface area contributed by atoms with Crippen molar-refractivity contribution in [3.8, 4) is 0 Å². The van der Waals surface area contributed by atoms with Gasteiger partial charge in [0.15, 0.2) is 0 Å². The third-order valence-electron chi connectivity index (χ3n) is 4.77. The summed E-state index contributed by atoms with van der Waals surface area (Å²) in [6.07, 6.45) is 8.22. The molecule has 0 aliphatic heterocycles. The zero-order valence-corrected chi connectivity index (χ0v) is 9.88. The van der Waals surface area contributed by atoms with E-state index in [0.717, 1.165) is 17.8 Å². The molecule has 0 amide bonds. The molecule has 0 aromatic carbocycles. The van der Waals surface area contributed by atoms with Crippen LogP contribution in [-0.2, 0) is 4.74 Å². The molecule has 4 unspecified atom stereocenters. The fraction of sp³-hybridized carbons (Fsp3) is 1.00. The summed E-state index contributed by atoms with van der Waals surface area (Å²) in [5.41, 5.74) is 0.241. The highest BCUT2D eigenvalue weighted by Crippen LogP contribution is 2.49. The Kier molecular flexibility index (Phi) is 2.88. The van der Waals surface area contributed by atoms with Gasteiger partial charge in [0.2, 0.25) is 0 Å². The van der Waals surface area contributed by atoms with Crippen LogP contribution in [0.5, 0.6) is 0 Å². The highest BCUT2D eigenvalue weighted by atomic mass is 16.5. The van der Waals surface area contributed by atoms with E-state index in [-0.39, 0.29) is 5.60 Å². The smallest absolute Gasteiger partial charge is 0.0704 e. The van der Waals surface area contributed by atoms with Crippen LogP contribution < -0.4 is 0 Å². The largest absolute Gasteiger partial charge is 0.378 e. The van der Waals surface area contributed by atoms with E-state index < -0.39 is 0 Å². The highest BCUT2D eigenvalue weighted by molar-refractivity contribution is 4.96. The second-order valence-electron chi connectivity index (χ2n) is 5.54. The number of fused-ring (bicyclic) bond motifs is 2. The van der Waals surface area contributed by atoms with E-state index in [4.69, 9.17) is 4.74 Å². The van der Waals surface area contributed by atoms with Gasteiger partial charge < -0.3 is 4.74 Å². The van der Waals surface area contributed by atoms with Crippen LogP contribution >= 0.6 is 0 Å². The Morgan fingerprint density at radius 2 is 2.07 bits per heavy atom. The maximum Gasteiger partial charge on any atom is 0.0704 e. The van der Waals surface area contributed by atoms with Gasteiger partial charge in [-0.1, -0.05) is 13.8 Å². The van der Waals surface area contributed by atoms with Crippen molar-refractivity contribution in [2.24, 2.45) is 17.8 Å². The Hall–Kier alpha value is -0.0400. The zero-order valence-electron chi connectivity index (χ0n) is 9.88. The first kappa shape index (κ1) is 10.5. The number of rotatable bonds is 2. The summed E-state index contributed by atoms with van der Waals surface area (Å²) in [7, 11) is 1.92. The van der Waals surface area contributed by atoms with E-state index in [9.17, 15) is 0 Å². The zero-order chi connectivity index (χ0) is 10.2. The molecule has 0 N–H and O–H groups in total. The molecule has 14 heavy (non-hydrogen) atoms. The van der Waals surface area contributed by atoms with Crippen LogP contribution in [0.25, 0.3) is 0 Å². The molecule has 82 valence electrons. The summed E-state index contributed by atoms with van der Waals surface area (Å²) in [5.74, 6) is 2.79. The van der Waals surface area contributed by atoms with Crippen molar-refractivity contribution in [1.82, 2.24) is 0 Å². The molecule has 0 radical (unpaired) electrons. The molecule has 1 heteroatoms. The average Bonchev–Trinajstić information content (AvgIpc) is 2.19. The Morgan fingerprint density at radius 1 is 1.29 bits per heavy atom. The molecule has 1 nitrogen and oxygen atoms in total. The minimum Gasteiger partial charge on any atom is -0.378 e. The second-order valence-corrected chi connectivity index (χ2v) is 5.54. The van der Waals surface area contributed by atoms with Crippen molar-refractivity contribution < 1.29 is 4.74 Å². The number of ether oxygens (including phenoxy) is 1. The predicted molar refractivity (Wildman–Crippen MR) is 59.3 cm³/mol. The highest BCUT2D eigenvalue weighted by Gasteiger charge is 2.45. The van der Waals surface area contributed by atoms with E-state index in [0.29, 0.717) is 0 Å². The first-order valence-corrected chi connectivity index (χ1v) is 6.25. The van der Waals surface area contributed by atoms with Crippen LogP contribution in [0.3, 0.4) is 0 Å². The quantitative estimate of drug-likeness (QED) is 0.655. The summed E-state index contributed by atoms with van der Waals surface area (Å²) >= 11 is 0. The summed E-state index contributed by atoms with van der Waals surface area (Å²) in [4.78, 5) is 0. The summed E-state index contributed by atoms with van der Waals surface area (Å²) in [6.45, 7) is 4.71. The molecule has 2 saturated carbocycles. The lowest BCUT2D eigenvalue weighted by Crippen LogP contribution is -2.47. The Balaban J connectivity index is 2.13. The summed E-state index contributed by atoms with van der Waals surface area (Å²) in [5, 5.41) is 0. The van der Waals surface area contributed by atoms with Gasteiger partial charge in [0.25, 0.3) is 0 Å². The van der Waals surface area contributed by atoms with Gasteiger partial charge in [-0.15, -0.1) is 0 Å². The molecule has 0 spiro atoms. The van der Waals surface area contributed by atoms with Gasteiger partial charge in [0.05, 0.1) is 5.60 Å². The molecule has 2 bridgehead atoms. The molecule has 2 rings (SSSR count). The van der Waals surface area contributed by atoms with Crippen LogP contribution in [0.15, 0.2) is 0 Å². The van der Waals surface area contributed by atoms with Gasteiger partial charge in [-0.25, -0.2) is 0 Å². The third-order valence-corrected chi connectivity index (χ3v) is 4.77. The van der Waals surface area contributed by atoms with Crippen molar-refractivity contribution in [2.45, 2.75) is 58.0 Å². The molecule has 0 aromatic rings. The second kappa shape index (κ2) is 3.84. The normalized spacial score (nSPS) is 47.8. The van der Waals surface area contributed by atoms with Crippen LogP contribution in [-0.4, -0.2) is 12.7 Å². The van der Waals surface area contributed by atoms with Gasteiger partial charge in [-0.2, -0.15) is 0 Å². The van der Waals surface area contributed by atoms with E-state index in [1.165, 1.54) is 38.5 Å². The fourth-order valence-electron chi connectivity index (χ4n) is 3.94. The first-order valence-electron chi connectivity index (χ1n) is 6.25. The van der Waals surface area contributed by atoms with Crippen LogP contribution in [0.4, 0.5) is 0 Å². The minimum absolute atomic E-state index is 0.241. The molecule has 2 fully saturated rings. The monoisotopic (exact) mass is 196 g/mol. The van der Waals surface area contributed by atoms with E-state index >= 15 is 0 Å². The van der Waals surface area contributed by atoms with Crippen LogP contribution in [0.1, 0.15) is 52.4 Å². The number of hydrogen-bond acceptors (Lipinski definition) is 1. The first-order chi connectivity index (χ1) is 6.70. The van der Waals surface area contributed by atoms with E-state index in [1.54, 1.807) is 0 Å². The van der Waals surface area contributed by atoms with Gasteiger partial charge in [-0.05, 0) is 56.3 Å². The maximum absolute atomic E-state index is 5.86. The molecule has 0 saturated heterocycles. The average molecular weight is 196 g/mol. The van der Waals surface area contributed by atoms with Crippen molar-refractivity contribution in [2.75, 3.05) is 7.11 Å². The summed E-state index contributed by atoms with van der Waals surface area (Å²) in [6, 6.07) is 0. The topological polar surface area (TPSA) is 9.23 Å².